The zero-order chi connectivity index (χ0) is 13.7. The first-order valence-electron chi connectivity index (χ1n) is 5.58. The molecule has 0 fully saturated rings. The van der Waals surface area contributed by atoms with E-state index >= 15 is 0 Å². The van der Waals surface area contributed by atoms with Crippen LogP contribution in [0.5, 0.6) is 0 Å². The topological polar surface area (TPSA) is 49.8 Å². The zero-order valence-corrected chi connectivity index (χ0v) is 11.5. The number of anilines is 3. The molecule has 6 heteroatoms. The van der Waals surface area contributed by atoms with Crippen molar-refractivity contribution < 1.29 is 0 Å². The van der Waals surface area contributed by atoms with Crippen LogP contribution >= 0.6 is 23.2 Å². The number of benzene rings is 1. The highest BCUT2D eigenvalue weighted by Gasteiger charge is 2.03. The van der Waals surface area contributed by atoms with Gasteiger partial charge in [-0.05, 0) is 18.2 Å². The first kappa shape index (κ1) is 13.6. The van der Waals surface area contributed by atoms with Crippen molar-refractivity contribution in [2.45, 2.75) is 0 Å². The van der Waals surface area contributed by atoms with E-state index in [9.17, 15) is 0 Å². The van der Waals surface area contributed by atoms with Gasteiger partial charge in [0.05, 0.1) is 10.7 Å². The molecule has 98 valence electrons. The van der Waals surface area contributed by atoms with Crippen LogP contribution in [0.3, 0.4) is 0 Å². The Morgan fingerprint density at radius 3 is 2.68 bits per heavy atom. The highest BCUT2D eigenvalue weighted by Crippen LogP contribution is 2.27. The Kier molecular flexibility index (Phi) is 4.60. The Morgan fingerprint density at radius 2 is 1.95 bits per heavy atom. The minimum atomic E-state index is 0.534. The lowest BCUT2D eigenvalue weighted by molar-refractivity contribution is 1.14. The summed E-state index contributed by atoms with van der Waals surface area (Å²) in [4.78, 5) is 8.22. The number of nitrogens with zero attached hydrogens (tertiary/aromatic N) is 2. The minimum Gasteiger partial charge on any atom is -0.366 e. The fourth-order valence-electron chi connectivity index (χ4n) is 1.43. The summed E-state index contributed by atoms with van der Waals surface area (Å²) in [6.07, 6.45) is 3.23. The van der Waals surface area contributed by atoms with Crippen LogP contribution < -0.4 is 10.6 Å². The molecular weight excluding hydrogens is 283 g/mol. The van der Waals surface area contributed by atoms with E-state index in [-0.39, 0.29) is 0 Å². The molecule has 0 atom stereocenters. The van der Waals surface area contributed by atoms with E-state index in [1.54, 1.807) is 30.3 Å². The van der Waals surface area contributed by atoms with Gasteiger partial charge in [-0.2, -0.15) is 0 Å². The fraction of sp³-hybridized carbons (Fsp3) is 0.0769. The monoisotopic (exact) mass is 294 g/mol. The van der Waals surface area contributed by atoms with E-state index in [0.29, 0.717) is 28.2 Å². The highest BCUT2D eigenvalue weighted by atomic mass is 35.5. The molecule has 0 spiro atoms. The number of halogens is 2. The summed E-state index contributed by atoms with van der Waals surface area (Å²) < 4.78 is 0. The van der Waals surface area contributed by atoms with E-state index in [4.69, 9.17) is 23.2 Å². The van der Waals surface area contributed by atoms with Crippen LogP contribution in [0.2, 0.25) is 10.0 Å². The Bertz CT molecular complexity index is 587. The highest BCUT2D eigenvalue weighted by molar-refractivity contribution is 6.36. The Labute approximate surface area is 121 Å². The lowest BCUT2D eigenvalue weighted by Gasteiger charge is -2.09. The number of hydrogen-bond acceptors (Lipinski definition) is 4. The summed E-state index contributed by atoms with van der Waals surface area (Å²) >= 11 is 11.9. The van der Waals surface area contributed by atoms with E-state index in [0.717, 1.165) is 5.69 Å². The molecule has 0 aliphatic rings. The molecule has 0 saturated carbocycles. The number of aromatic nitrogens is 2. The number of hydrogen-bond donors (Lipinski definition) is 2. The molecule has 1 heterocycles. The largest absolute Gasteiger partial charge is 0.366 e. The first-order chi connectivity index (χ1) is 9.19. The van der Waals surface area contributed by atoms with Crippen LogP contribution in [0, 0.1) is 0 Å². The second-order valence-corrected chi connectivity index (χ2v) is 4.55. The van der Waals surface area contributed by atoms with Gasteiger partial charge in [-0.3, -0.25) is 0 Å². The third-order valence-corrected chi connectivity index (χ3v) is 2.84. The van der Waals surface area contributed by atoms with E-state index in [1.807, 2.05) is 0 Å². The average Bonchev–Trinajstić information content (AvgIpc) is 2.40. The van der Waals surface area contributed by atoms with Gasteiger partial charge < -0.3 is 10.6 Å². The summed E-state index contributed by atoms with van der Waals surface area (Å²) in [5, 5.41) is 7.31. The average molecular weight is 295 g/mol. The third-order valence-electron chi connectivity index (χ3n) is 2.29. The first-order valence-corrected chi connectivity index (χ1v) is 6.33. The summed E-state index contributed by atoms with van der Waals surface area (Å²) in [5.74, 6) is 1.35. The van der Waals surface area contributed by atoms with Gasteiger partial charge in [0.25, 0.3) is 0 Å². The minimum absolute atomic E-state index is 0.534. The third kappa shape index (κ3) is 3.84. The Morgan fingerprint density at radius 1 is 1.16 bits per heavy atom. The second kappa shape index (κ2) is 6.41. The van der Waals surface area contributed by atoms with Gasteiger partial charge in [-0.1, -0.05) is 29.3 Å². The van der Waals surface area contributed by atoms with Crippen molar-refractivity contribution in [2.24, 2.45) is 0 Å². The predicted octanol–water partition coefficient (Wildman–Crippen LogP) is 4.12. The number of rotatable bonds is 5. The molecule has 2 rings (SSSR count). The molecule has 0 aliphatic heterocycles. The van der Waals surface area contributed by atoms with Crippen molar-refractivity contribution >= 4 is 40.5 Å². The van der Waals surface area contributed by atoms with E-state index in [1.165, 1.54) is 6.33 Å². The van der Waals surface area contributed by atoms with Crippen molar-refractivity contribution in [1.82, 2.24) is 9.97 Å². The molecule has 0 bridgehead atoms. The van der Waals surface area contributed by atoms with E-state index in [2.05, 4.69) is 27.2 Å². The molecule has 1 aromatic heterocycles. The van der Waals surface area contributed by atoms with Crippen LogP contribution in [0.25, 0.3) is 0 Å². The normalized spacial score (nSPS) is 10.0. The molecule has 0 saturated heterocycles. The van der Waals surface area contributed by atoms with Crippen LogP contribution in [0.15, 0.2) is 43.2 Å². The molecule has 0 aliphatic carbocycles. The molecule has 19 heavy (non-hydrogen) atoms. The van der Waals surface area contributed by atoms with Gasteiger partial charge in [0.15, 0.2) is 0 Å². The molecule has 4 nitrogen and oxygen atoms in total. The Balaban J connectivity index is 2.16. The number of nitrogens with one attached hydrogen (secondary N) is 2. The molecule has 0 radical (unpaired) electrons. The molecular formula is C13H12Cl2N4. The summed E-state index contributed by atoms with van der Waals surface area (Å²) in [6.45, 7) is 4.27. The predicted molar refractivity (Wildman–Crippen MR) is 80.5 cm³/mol. The van der Waals surface area contributed by atoms with Crippen LogP contribution in [-0.4, -0.2) is 16.5 Å². The van der Waals surface area contributed by atoms with Gasteiger partial charge in [0.2, 0.25) is 0 Å². The molecule has 2 N–H and O–H groups in total. The van der Waals surface area contributed by atoms with Crippen LogP contribution in [0.4, 0.5) is 17.3 Å². The quantitative estimate of drug-likeness (QED) is 0.814. The summed E-state index contributed by atoms with van der Waals surface area (Å²) in [7, 11) is 0. The van der Waals surface area contributed by atoms with Crippen LogP contribution in [-0.2, 0) is 0 Å². The maximum atomic E-state index is 6.08. The molecule has 0 unspecified atom stereocenters. The van der Waals surface area contributed by atoms with Crippen molar-refractivity contribution in [3.63, 3.8) is 0 Å². The van der Waals surface area contributed by atoms with Gasteiger partial charge in [-0.25, -0.2) is 9.97 Å². The van der Waals surface area contributed by atoms with Gasteiger partial charge in [0.1, 0.15) is 18.0 Å². The Hall–Kier alpha value is -1.78. The van der Waals surface area contributed by atoms with Gasteiger partial charge in [-0.15, -0.1) is 6.58 Å². The van der Waals surface area contributed by atoms with E-state index < -0.39 is 0 Å². The van der Waals surface area contributed by atoms with Crippen LogP contribution in [0.1, 0.15) is 0 Å². The van der Waals surface area contributed by atoms with Gasteiger partial charge >= 0.3 is 0 Å². The van der Waals surface area contributed by atoms with Gasteiger partial charge in [0, 0.05) is 17.6 Å². The van der Waals surface area contributed by atoms with Crippen molar-refractivity contribution in [3.8, 4) is 0 Å². The smallest absolute Gasteiger partial charge is 0.135 e. The summed E-state index contributed by atoms with van der Waals surface area (Å²) in [5.41, 5.74) is 0.736. The van der Waals surface area contributed by atoms with Crippen molar-refractivity contribution in [1.29, 1.82) is 0 Å². The molecule has 0 amide bonds. The standard InChI is InChI=1S/C13H12Cl2N4/c1-2-5-16-12-7-13(18-8-17-12)19-11-4-3-9(14)6-10(11)15/h2-4,6-8H,1,5H2,(H2,16,17,18,19). The molecule has 1 aromatic carbocycles. The summed E-state index contributed by atoms with van der Waals surface area (Å²) in [6, 6.07) is 7.01. The lowest BCUT2D eigenvalue weighted by Crippen LogP contribution is -2.02. The fourth-order valence-corrected chi connectivity index (χ4v) is 1.88. The maximum absolute atomic E-state index is 6.08. The van der Waals surface area contributed by atoms with Crippen molar-refractivity contribution in [3.05, 3.63) is 53.3 Å². The maximum Gasteiger partial charge on any atom is 0.135 e. The molecule has 2 aromatic rings. The lowest BCUT2D eigenvalue weighted by atomic mass is 10.3. The SMILES string of the molecule is C=CCNc1cc(Nc2ccc(Cl)cc2Cl)ncn1. The second-order valence-electron chi connectivity index (χ2n) is 3.71. The zero-order valence-electron chi connectivity index (χ0n) is 10.0. The van der Waals surface area contributed by atoms with Crippen molar-refractivity contribution in [2.75, 3.05) is 17.2 Å².